The molecule has 1 aliphatic heterocycles. The van der Waals surface area contributed by atoms with Crippen molar-refractivity contribution in [1.82, 2.24) is 30.0 Å². The highest BCUT2D eigenvalue weighted by molar-refractivity contribution is 7.89. The molecule has 4 aromatic rings. The first-order valence-electron chi connectivity index (χ1n) is 21.0. The Morgan fingerprint density at radius 2 is 1.09 bits per heavy atom. The SMILES string of the molecule is CB1c2cc(C(=O)NN(C(=O)c3cc(C)cc(C)c3)C(C)(C)C)ccc2C=NN1S(C)(=O)=O.CS(=O)(=O)NN.Cc1cc(C)cc(C(=O)N(NC(=O)c2ccc(C=O)c(B(O)O)c2)C(C)(C)C)c1.Cl. The van der Waals surface area contributed by atoms with Crippen molar-refractivity contribution in [1.29, 1.82) is 0 Å². The molecule has 0 fully saturated rings. The van der Waals surface area contributed by atoms with Crippen molar-refractivity contribution in [2.45, 2.75) is 87.1 Å². The number of aryl methyl sites for hydroxylation is 4. The Morgan fingerprint density at radius 1 is 0.696 bits per heavy atom. The van der Waals surface area contributed by atoms with E-state index in [9.17, 15) is 50.9 Å². The summed E-state index contributed by atoms with van der Waals surface area (Å²) in [4.78, 5) is 65.0. The van der Waals surface area contributed by atoms with Crippen LogP contribution in [-0.4, -0.2) is 115 Å². The molecule has 24 heteroatoms. The van der Waals surface area contributed by atoms with Gasteiger partial charge in [-0.2, -0.15) is 9.93 Å². The number of nitrogens with zero attached hydrogens (tertiary/aromatic N) is 4. The highest BCUT2D eigenvalue weighted by Crippen LogP contribution is 2.21. The third-order valence-electron chi connectivity index (χ3n) is 9.86. The molecular weight excluding hydrogens is 950 g/mol. The number of carbonyl (C=O) groups excluding carboxylic acids is 5. The minimum Gasteiger partial charge on any atom is -0.423 e. The molecule has 0 aliphatic carbocycles. The maximum Gasteiger partial charge on any atom is 0.489 e. The fraction of sp³-hybridized carbons (Fsp3) is 0.333. The van der Waals surface area contributed by atoms with Crippen LogP contribution in [0.1, 0.15) is 121 Å². The average molecular weight is 1010 g/mol. The Kier molecular flexibility index (Phi) is 20.2. The number of carbonyl (C=O) groups is 5. The van der Waals surface area contributed by atoms with E-state index in [0.29, 0.717) is 28.4 Å². The molecule has 1 aliphatic rings. The first-order chi connectivity index (χ1) is 31.2. The summed E-state index contributed by atoms with van der Waals surface area (Å²) in [6, 6.07) is 19.9. The first-order valence-corrected chi connectivity index (χ1v) is 24.7. The summed E-state index contributed by atoms with van der Waals surface area (Å²) in [5.41, 5.74) is 10.4. The maximum absolute atomic E-state index is 13.3. The number of amides is 4. The molecule has 0 saturated carbocycles. The number of halogens is 1. The van der Waals surface area contributed by atoms with Crippen LogP contribution in [-0.2, 0) is 20.0 Å². The van der Waals surface area contributed by atoms with Gasteiger partial charge in [0.1, 0.15) is 6.29 Å². The topological polar surface area (TPSA) is 278 Å². The van der Waals surface area contributed by atoms with Gasteiger partial charge < -0.3 is 10.0 Å². The molecule has 0 bridgehead atoms. The summed E-state index contributed by atoms with van der Waals surface area (Å²) in [5.74, 6) is 2.70. The van der Waals surface area contributed by atoms with Crippen molar-refractivity contribution in [2.24, 2.45) is 10.9 Å². The molecule has 4 aromatic carbocycles. The summed E-state index contributed by atoms with van der Waals surface area (Å²) in [7, 11) is -8.59. The van der Waals surface area contributed by atoms with Gasteiger partial charge >= 0.3 is 14.0 Å². The molecule has 0 saturated heterocycles. The van der Waals surface area contributed by atoms with Crippen molar-refractivity contribution in [3.63, 3.8) is 0 Å². The lowest BCUT2D eigenvalue weighted by atomic mass is 9.57. The zero-order valence-corrected chi connectivity index (χ0v) is 43.3. The third kappa shape index (κ3) is 16.6. The van der Waals surface area contributed by atoms with Gasteiger partial charge in [0.05, 0.1) is 29.8 Å². The fourth-order valence-electron chi connectivity index (χ4n) is 6.79. The maximum atomic E-state index is 13.3. The number of hydrogen-bond donors (Lipinski definition) is 6. The van der Waals surface area contributed by atoms with E-state index in [1.165, 1.54) is 34.4 Å². The number of benzene rings is 4. The number of rotatable bonds is 8. The van der Waals surface area contributed by atoms with Gasteiger partial charge in [-0.25, -0.2) is 31.2 Å². The Balaban J connectivity index is 0.000000420. The van der Waals surface area contributed by atoms with Crippen LogP contribution in [0.2, 0.25) is 6.82 Å². The average Bonchev–Trinajstić information content (AvgIpc) is 3.22. The van der Waals surface area contributed by atoms with Crippen molar-refractivity contribution in [2.75, 3.05) is 12.5 Å². The van der Waals surface area contributed by atoms with Crippen LogP contribution < -0.4 is 32.5 Å². The Labute approximate surface area is 411 Å². The highest BCUT2D eigenvalue weighted by atomic mass is 35.5. The molecule has 7 N–H and O–H groups in total. The number of aldehydes is 1. The van der Waals surface area contributed by atoms with E-state index < -0.39 is 56.9 Å². The Bertz CT molecular complexity index is 2800. The van der Waals surface area contributed by atoms with Crippen LogP contribution in [0, 0.1) is 27.7 Å². The highest BCUT2D eigenvalue weighted by Gasteiger charge is 2.34. The predicted molar refractivity (Wildman–Crippen MR) is 272 cm³/mol. The van der Waals surface area contributed by atoms with E-state index in [1.807, 2.05) is 60.6 Å². The lowest BCUT2D eigenvalue weighted by Crippen LogP contribution is -2.56. The molecule has 19 nitrogen and oxygen atoms in total. The molecule has 69 heavy (non-hydrogen) atoms. The molecule has 1 heterocycles. The molecule has 372 valence electrons. The van der Waals surface area contributed by atoms with Gasteiger partial charge in [-0.15, -0.1) is 12.4 Å². The van der Waals surface area contributed by atoms with Gasteiger partial charge in [-0.1, -0.05) is 59.4 Å². The minimum absolute atomic E-state index is 0. The molecule has 0 radical (unpaired) electrons. The zero-order valence-electron chi connectivity index (χ0n) is 40.9. The summed E-state index contributed by atoms with van der Waals surface area (Å²) >= 11 is 0. The molecule has 5 rings (SSSR count). The number of hydrazone groups is 1. The zero-order chi connectivity index (χ0) is 51.9. The van der Waals surface area contributed by atoms with Crippen molar-refractivity contribution >= 4 is 93.5 Å². The molecule has 4 amide bonds. The Hall–Kier alpha value is -5.94. The van der Waals surface area contributed by atoms with E-state index >= 15 is 0 Å². The van der Waals surface area contributed by atoms with Crippen LogP contribution in [0.3, 0.4) is 0 Å². The molecule has 0 unspecified atom stereocenters. The van der Waals surface area contributed by atoms with E-state index in [4.69, 9.17) is 0 Å². The molecular formula is C45H61B2ClN8O11S2. The van der Waals surface area contributed by atoms with Gasteiger partial charge in [0, 0.05) is 27.8 Å². The summed E-state index contributed by atoms with van der Waals surface area (Å²) < 4.78 is 44.6. The fourth-order valence-corrected chi connectivity index (χ4v) is 7.69. The smallest absolute Gasteiger partial charge is 0.423 e. The summed E-state index contributed by atoms with van der Waals surface area (Å²) in [5, 5.41) is 25.5. The van der Waals surface area contributed by atoms with E-state index in [1.54, 1.807) is 74.9 Å². The lowest BCUT2D eigenvalue weighted by Gasteiger charge is -2.35. The van der Waals surface area contributed by atoms with Crippen LogP contribution in [0.5, 0.6) is 0 Å². The van der Waals surface area contributed by atoms with Gasteiger partial charge in [0.2, 0.25) is 20.0 Å². The van der Waals surface area contributed by atoms with Gasteiger partial charge in [-0.3, -0.25) is 40.7 Å². The van der Waals surface area contributed by atoms with Crippen LogP contribution in [0.15, 0.2) is 77.9 Å². The van der Waals surface area contributed by atoms with Crippen LogP contribution in [0.4, 0.5) is 0 Å². The van der Waals surface area contributed by atoms with E-state index in [2.05, 4.69) is 21.8 Å². The molecule has 0 atom stereocenters. The van der Waals surface area contributed by atoms with Crippen LogP contribution in [0.25, 0.3) is 0 Å². The minimum atomic E-state index is -3.56. The molecule has 0 spiro atoms. The van der Waals surface area contributed by atoms with E-state index in [-0.39, 0.29) is 40.8 Å². The quantitative estimate of drug-likeness (QED) is 0.0643. The largest absolute Gasteiger partial charge is 0.489 e. The second-order valence-corrected chi connectivity index (χ2v) is 21.9. The Morgan fingerprint density at radius 3 is 1.43 bits per heavy atom. The third-order valence-corrected chi connectivity index (χ3v) is 11.4. The monoisotopic (exact) mass is 1010 g/mol. The lowest BCUT2D eigenvalue weighted by molar-refractivity contribution is 0.0357. The number of hydrazine groups is 3. The number of nitrogens with one attached hydrogen (secondary N) is 3. The second-order valence-electron chi connectivity index (χ2n) is 18.3. The van der Waals surface area contributed by atoms with Gasteiger partial charge in [0.15, 0.2) is 0 Å². The number of hydrogen-bond acceptors (Lipinski definition) is 13. The normalized spacial score (nSPS) is 12.1. The number of sulfonamides is 2. The molecule has 0 aromatic heterocycles. The number of fused-ring (bicyclic) bond motifs is 1. The van der Waals surface area contributed by atoms with E-state index in [0.717, 1.165) is 44.7 Å². The van der Waals surface area contributed by atoms with Gasteiger partial charge in [0.25, 0.3) is 23.6 Å². The van der Waals surface area contributed by atoms with Gasteiger partial charge in [-0.05, 0) is 128 Å². The second kappa shape index (κ2) is 23.6. The standard InChI is InChI=1S/C23H29BN4O4S.C21H25BN2O5.CH6N2O2S.ClH/c1-15-10-16(2)12-19(11-15)22(30)27(23(3,4)5)26-21(29)17-8-9-18-14-25-28(33(7,31)32)24(6)20(18)13-17;1-13-8-14(2)10-17(9-13)20(27)24(21(3,4)5)23-19(26)15-6-7-16(12-25)18(11-15)22(28)29;1-6(4,5)3-2;/h8-14H,1-7H3,(H,26,29);6-12,28-29H,1-5H3,(H,23,26);3H,2H2,1H3;1H. The van der Waals surface area contributed by atoms with Crippen molar-refractivity contribution in [3.05, 3.63) is 128 Å². The summed E-state index contributed by atoms with van der Waals surface area (Å²) in [6.07, 6.45) is 4.00. The van der Waals surface area contributed by atoms with Crippen LogP contribution >= 0.6 is 12.4 Å². The number of nitrogens with two attached hydrogens (primary N) is 1. The van der Waals surface area contributed by atoms with Crippen molar-refractivity contribution in [3.8, 4) is 0 Å². The predicted octanol–water partition coefficient (Wildman–Crippen LogP) is 2.54. The summed E-state index contributed by atoms with van der Waals surface area (Å²) in [6.45, 7) is 19.6. The van der Waals surface area contributed by atoms with Crippen molar-refractivity contribution < 1.29 is 50.9 Å². The first kappa shape index (κ1) is 59.2.